The molecule has 1 aliphatic rings. The van der Waals surface area contributed by atoms with Crippen LogP contribution in [0.25, 0.3) is 0 Å². The second-order valence-electron chi connectivity index (χ2n) is 5.02. The van der Waals surface area contributed by atoms with Gasteiger partial charge in [-0.05, 0) is 36.1 Å². The maximum Gasteiger partial charge on any atom is 0.122 e. The maximum absolute atomic E-state index is 5.50. The van der Waals surface area contributed by atoms with E-state index in [-0.39, 0.29) is 6.04 Å². The van der Waals surface area contributed by atoms with E-state index < -0.39 is 0 Å². The van der Waals surface area contributed by atoms with Crippen LogP contribution in [-0.2, 0) is 6.42 Å². The van der Waals surface area contributed by atoms with Crippen molar-refractivity contribution in [2.24, 2.45) is 0 Å². The summed E-state index contributed by atoms with van der Waals surface area (Å²) in [6.45, 7) is 3.16. The van der Waals surface area contributed by atoms with Crippen LogP contribution in [-0.4, -0.2) is 13.7 Å². The van der Waals surface area contributed by atoms with Gasteiger partial charge in [0.05, 0.1) is 13.2 Å². The van der Waals surface area contributed by atoms with Crippen LogP contribution in [0.4, 0.5) is 0 Å². The van der Waals surface area contributed by atoms with Crippen molar-refractivity contribution in [1.29, 1.82) is 0 Å². The van der Waals surface area contributed by atoms with E-state index >= 15 is 0 Å². The molecule has 0 aromatic heterocycles. The minimum Gasteiger partial charge on any atom is -0.496 e. The Bertz CT molecular complexity index is 592. The van der Waals surface area contributed by atoms with Crippen molar-refractivity contribution in [3.63, 3.8) is 0 Å². The van der Waals surface area contributed by atoms with E-state index in [9.17, 15) is 0 Å². The van der Waals surface area contributed by atoms with Gasteiger partial charge in [0.15, 0.2) is 0 Å². The molecule has 2 nitrogen and oxygen atoms in total. The van der Waals surface area contributed by atoms with Crippen molar-refractivity contribution >= 4 is 0 Å². The number of nitrogens with one attached hydrogen (secondary N) is 1. The van der Waals surface area contributed by atoms with E-state index in [0.717, 1.165) is 18.7 Å². The molecule has 0 aliphatic carbocycles. The van der Waals surface area contributed by atoms with Crippen molar-refractivity contribution in [1.82, 2.24) is 5.32 Å². The molecule has 2 aromatic rings. The molecule has 19 heavy (non-hydrogen) atoms. The zero-order chi connectivity index (χ0) is 13.2. The molecule has 0 amide bonds. The van der Waals surface area contributed by atoms with Crippen LogP contribution in [0.15, 0.2) is 42.5 Å². The number of methoxy groups -OCH3 is 1. The van der Waals surface area contributed by atoms with Gasteiger partial charge in [-0.3, -0.25) is 0 Å². The maximum atomic E-state index is 5.50. The lowest BCUT2D eigenvalue weighted by Gasteiger charge is -2.29. The molecular weight excluding hydrogens is 234 g/mol. The predicted octanol–water partition coefficient (Wildman–Crippen LogP) is 3.24. The standard InChI is InChI=1S/C17H19NO/c1-12-6-3-4-7-13(12)17-15-8-5-9-16(19-2)14(15)10-11-18-17/h3-9,17-18H,10-11H2,1-2H3. The van der Waals surface area contributed by atoms with Crippen LogP contribution in [0.3, 0.4) is 0 Å². The first-order chi connectivity index (χ1) is 9.31. The summed E-state index contributed by atoms with van der Waals surface area (Å²) in [6.07, 6.45) is 1.03. The molecule has 0 bridgehead atoms. The lowest BCUT2D eigenvalue weighted by Crippen LogP contribution is -2.31. The van der Waals surface area contributed by atoms with Crippen molar-refractivity contribution < 1.29 is 4.74 Å². The number of rotatable bonds is 2. The molecule has 1 atom stereocenters. The minimum absolute atomic E-state index is 0.278. The first-order valence-electron chi connectivity index (χ1n) is 6.76. The van der Waals surface area contributed by atoms with E-state index in [2.05, 4.69) is 54.7 Å². The van der Waals surface area contributed by atoms with Gasteiger partial charge >= 0.3 is 0 Å². The van der Waals surface area contributed by atoms with E-state index in [0.29, 0.717) is 0 Å². The highest BCUT2D eigenvalue weighted by Crippen LogP contribution is 2.34. The summed E-state index contributed by atoms with van der Waals surface area (Å²) in [5.74, 6) is 1.01. The molecule has 1 heterocycles. The van der Waals surface area contributed by atoms with Crippen LogP contribution in [0.1, 0.15) is 28.3 Å². The molecule has 1 aliphatic heterocycles. The Balaban J connectivity index is 2.11. The van der Waals surface area contributed by atoms with Crippen LogP contribution in [0.5, 0.6) is 5.75 Å². The molecule has 0 saturated carbocycles. The van der Waals surface area contributed by atoms with Gasteiger partial charge in [0.2, 0.25) is 0 Å². The van der Waals surface area contributed by atoms with Crippen LogP contribution in [0.2, 0.25) is 0 Å². The Morgan fingerprint density at radius 2 is 1.84 bits per heavy atom. The monoisotopic (exact) mass is 253 g/mol. The second kappa shape index (κ2) is 5.06. The molecular formula is C17H19NO. The summed E-state index contributed by atoms with van der Waals surface area (Å²) in [5, 5.41) is 3.63. The van der Waals surface area contributed by atoms with Gasteiger partial charge in [0, 0.05) is 12.1 Å². The van der Waals surface area contributed by atoms with Crippen LogP contribution in [0, 0.1) is 6.92 Å². The summed E-state index contributed by atoms with van der Waals surface area (Å²) in [5.41, 5.74) is 5.38. The Morgan fingerprint density at radius 1 is 1.05 bits per heavy atom. The zero-order valence-electron chi connectivity index (χ0n) is 11.4. The average molecular weight is 253 g/mol. The summed E-state index contributed by atoms with van der Waals surface area (Å²) in [6, 6.07) is 15.2. The fourth-order valence-electron chi connectivity index (χ4n) is 2.95. The molecule has 1 N–H and O–H groups in total. The highest BCUT2D eigenvalue weighted by molar-refractivity contribution is 5.48. The molecule has 3 rings (SSSR count). The number of fused-ring (bicyclic) bond motifs is 1. The third kappa shape index (κ3) is 2.13. The molecule has 0 fully saturated rings. The third-order valence-electron chi connectivity index (χ3n) is 3.92. The lowest BCUT2D eigenvalue weighted by molar-refractivity contribution is 0.403. The van der Waals surface area contributed by atoms with Gasteiger partial charge in [-0.1, -0.05) is 36.4 Å². The van der Waals surface area contributed by atoms with E-state index in [4.69, 9.17) is 4.74 Å². The largest absolute Gasteiger partial charge is 0.496 e. The highest BCUT2D eigenvalue weighted by Gasteiger charge is 2.24. The Kier molecular flexibility index (Phi) is 3.26. The summed E-state index contributed by atoms with van der Waals surface area (Å²) >= 11 is 0. The molecule has 98 valence electrons. The SMILES string of the molecule is COc1cccc2c1CCNC2c1ccccc1C. The lowest BCUT2D eigenvalue weighted by atomic mass is 9.87. The van der Waals surface area contributed by atoms with Gasteiger partial charge in [-0.15, -0.1) is 0 Å². The molecule has 2 heteroatoms. The molecule has 0 radical (unpaired) electrons. The van der Waals surface area contributed by atoms with Crippen LogP contribution >= 0.6 is 0 Å². The predicted molar refractivity (Wildman–Crippen MR) is 77.7 cm³/mol. The van der Waals surface area contributed by atoms with Crippen molar-refractivity contribution in [3.05, 3.63) is 64.7 Å². The Hall–Kier alpha value is -1.80. The quantitative estimate of drug-likeness (QED) is 0.887. The van der Waals surface area contributed by atoms with E-state index in [1.54, 1.807) is 7.11 Å². The van der Waals surface area contributed by atoms with Gasteiger partial charge in [-0.25, -0.2) is 0 Å². The summed E-state index contributed by atoms with van der Waals surface area (Å²) < 4.78 is 5.50. The third-order valence-corrected chi connectivity index (χ3v) is 3.92. The zero-order valence-corrected chi connectivity index (χ0v) is 11.4. The normalized spacial score (nSPS) is 17.9. The van der Waals surface area contributed by atoms with Crippen molar-refractivity contribution in [2.75, 3.05) is 13.7 Å². The molecule has 2 aromatic carbocycles. The fourth-order valence-corrected chi connectivity index (χ4v) is 2.95. The molecule has 1 unspecified atom stereocenters. The van der Waals surface area contributed by atoms with Gasteiger partial charge < -0.3 is 10.1 Å². The molecule has 0 saturated heterocycles. The fraction of sp³-hybridized carbons (Fsp3) is 0.294. The van der Waals surface area contributed by atoms with Gasteiger partial charge in [-0.2, -0.15) is 0 Å². The smallest absolute Gasteiger partial charge is 0.122 e. The van der Waals surface area contributed by atoms with Gasteiger partial charge in [0.1, 0.15) is 5.75 Å². The van der Waals surface area contributed by atoms with Crippen LogP contribution < -0.4 is 10.1 Å². The number of hydrogen-bond acceptors (Lipinski definition) is 2. The number of ether oxygens (including phenoxy) is 1. The van der Waals surface area contributed by atoms with E-state index in [1.807, 2.05) is 0 Å². The van der Waals surface area contributed by atoms with Gasteiger partial charge in [0.25, 0.3) is 0 Å². The summed E-state index contributed by atoms with van der Waals surface area (Å²) in [4.78, 5) is 0. The first-order valence-corrected chi connectivity index (χ1v) is 6.76. The Morgan fingerprint density at radius 3 is 2.63 bits per heavy atom. The number of aryl methyl sites for hydroxylation is 1. The minimum atomic E-state index is 0.278. The summed E-state index contributed by atoms with van der Waals surface area (Å²) in [7, 11) is 1.75. The number of benzene rings is 2. The number of hydrogen-bond donors (Lipinski definition) is 1. The van der Waals surface area contributed by atoms with Crippen molar-refractivity contribution in [3.8, 4) is 5.75 Å². The Labute approximate surface area is 114 Å². The van der Waals surface area contributed by atoms with E-state index in [1.165, 1.54) is 22.3 Å². The topological polar surface area (TPSA) is 21.3 Å². The average Bonchev–Trinajstić information content (AvgIpc) is 2.46. The highest BCUT2D eigenvalue weighted by atomic mass is 16.5. The first kappa shape index (κ1) is 12.2. The molecule has 0 spiro atoms. The second-order valence-corrected chi connectivity index (χ2v) is 5.02. The van der Waals surface area contributed by atoms with Crippen molar-refractivity contribution in [2.45, 2.75) is 19.4 Å².